The second-order valence-electron chi connectivity index (χ2n) is 8.11. The molecule has 0 aliphatic carbocycles. The molecule has 9 heteroatoms. The number of anilines is 2. The average Bonchev–Trinajstić information content (AvgIpc) is 2.83. The van der Waals surface area contributed by atoms with E-state index < -0.39 is 0 Å². The second kappa shape index (κ2) is 12.2. The van der Waals surface area contributed by atoms with Crippen molar-refractivity contribution in [2.45, 2.75) is 13.5 Å². The average molecular weight is 550 g/mol. The molecule has 4 rings (SSSR count). The number of hydrogen-bond donors (Lipinski definition) is 1. The minimum Gasteiger partial charge on any atom is -0.357 e. The minimum absolute atomic E-state index is 0. The van der Waals surface area contributed by atoms with Gasteiger partial charge in [-0.15, -0.1) is 24.0 Å². The summed E-state index contributed by atoms with van der Waals surface area (Å²) >= 11 is 0. The van der Waals surface area contributed by atoms with Crippen molar-refractivity contribution >= 4 is 41.6 Å². The summed E-state index contributed by atoms with van der Waals surface area (Å²) in [6.07, 6.45) is 3.75. The van der Waals surface area contributed by atoms with E-state index >= 15 is 0 Å². The number of hydrogen-bond acceptors (Lipinski definition) is 6. The van der Waals surface area contributed by atoms with E-state index in [1.54, 1.807) is 0 Å². The van der Waals surface area contributed by atoms with Crippen LogP contribution in [0.4, 0.5) is 11.6 Å². The van der Waals surface area contributed by atoms with Gasteiger partial charge < -0.3 is 24.9 Å². The van der Waals surface area contributed by atoms with E-state index in [0.717, 1.165) is 76.5 Å². The zero-order valence-corrected chi connectivity index (χ0v) is 21.5. The lowest BCUT2D eigenvalue weighted by molar-refractivity contribution is 0.312. The molecule has 0 unspecified atom stereocenters. The number of rotatable bonds is 5. The van der Waals surface area contributed by atoms with E-state index in [9.17, 15) is 0 Å². The van der Waals surface area contributed by atoms with Crippen molar-refractivity contribution < 1.29 is 0 Å². The Morgan fingerprint density at radius 2 is 1.62 bits per heavy atom. The minimum atomic E-state index is 0. The SMILES string of the molecule is CCNC(=NCc1cccnc1N1CCN(C)CC1)N1CCN(c2ccccn2)CC1.I. The van der Waals surface area contributed by atoms with Crippen molar-refractivity contribution in [1.82, 2.24) is 25.1 Å². The van der Waals surface area contributed by atoms with Gasteiger partial charge in [-0.1, -0.05) is 12.1 Å². The summed E-state index contributed by atoms with van der Waals surface area (Å²) in [4.78, 5) is 23.6. The first-order chi connectivity index (χ1) is 15.2. The number of aromatic nitrogens is 2. The molecule has 2 aromatic heterocycles. The number of nitrogens with one attached hydrogen (secondary N) is 1. The molecule has 0 radical (unpaired) electrons. The van der Waals surface area contributed by atoms with Crippen LogP contribution in [0.1, 0.15) is 12.5 Å². The largest absolute Gasteiger partial charge is 0.357 e. The van der Waals surface area contributed by atoms with Crippen molar-refractivity contribution in [2.24, 2.45) is 4.99 Å². The normalized spacial score (nSPS) is 17.8. The summed E-state index contributed by atoms with van der Waals surface area (Å²) in [6.45, 7) is 11.5. The zero-order valence-electron chi connectivity index (χ0n) is 19.2. The lowest BCUT2D eigenvalue weighted by Gasteiger charge is -2.37. The van der Waals surface area contributed by atoms with E-state index in [2.05, 4.69) is 56.0 Å². The van der Waals surface area contributed by atoms with E-state index in [0.29, 0.717) is 6.54 Å². The fourth-order valence-corrected chi connectivity index (χ4v) is 4.13. The molecule has 2 aliphatic heterocycles. The number of piperazine rings is 2. The van der Waals surface area contributed by atoms with Crippen LogP contribution in [-0.2, 0) is 6.54 Å². The molecule has 0 aromatic carbocycles. The maximum atomic E-state index is 5.00. The van der Waals surface area contributed by atoms with Gasteiger partial charge in [-0.2, -0.15) is 0 Å². The highest BCUT2D eigenvalue weighted by Crippen LogP contribution is 2.20. The molecule has 2 fully saturated rings. The van der Waals surface area contributed by atoms with Gasteiger partial charge >= 0.3 is 0 Å². The molecule has 8 nitrogen and oxygen atoms in total. The Morgan fingerprint density at radius 1 is 0.906 bits per heavy atom. The first-order valence-electron chi connectivity index (χ1n) is 11.3. The Bertz CT molecular complexity index is 846. The predicted octanol–water partition coefficient (Wildman–Crippen LogP) is 2.13. The number of nitrogens with zero attached hydrogens (tertiary/aromatic N) is 7. The maximum Gasteiger partial charge on any atom is 0.194 e. The van der Waals surface area contributed by atoms with Gasteiger partial charge in [0, 0.05) is 76.9 Å². The molecule has 2 aliphatic rings. The Hall–Kier alpha value is -2.14. The summed E-state index contributed by atoms with van der Waals surface area (Å²) in [5, 5.41) is 3.48. The van der Waals surface area contributed by atoms with Crippen molar-refractivity contribution in [3.05, 3.63) is 48.3 Å². The highest BCUT2D eigenvalue weighted by atomic mass is 127. The Labute approximate surface area is 208 Å². The molecule has 1 N–H and O–H groups in total. The van der Waals surface area contributed by atoms with Gasteiger partial charge in [-0.25, -0.2) is 15.0 Å². The fourth-order valence-electron chi connectivity index (χ4n) is 4.13. The first kappa shape index (κ1) is 24.5. The van der Waals surface area contributed by atoms with Gasteiger partial charge in [0.25, 0.3) is 0 Å². The number of guanidine groups is 1. The molecule has 0 spiro atoms. The predicted molar refractivity (Wildman–Crippen MR) is 142 cm³/mol. The molecule has 2 saturated heterocycles. The van der Waals surface area contributed by atoms with Gasteiger partial charge in [0.1, 0.15) is 11.6 Å². The van der Waals surface area contributed by atoms with Gasteiger partial charge in [-0.3, -0.25) is 0 Å². The van der Waals surface area contributed by atoms with Crippen LogP contribution in [0.3, 0.4) is 0 Å². The van der Waals surface area contributed by atoms with Crippen LogP contribution in [0.15, 0.2) is 47.7 Å². The molecular weight excluding hydrogens is 515 g/mol. The molecule has 0 bridgehead atoms. The van der Waals surface area contributed by atoms with E-state index in [-0.39, 0.29) is 24.0 Å². The van der Waals surface area contributed by atoms with Gasteiger partial charge in [0.2, 0.25) is 0 Å². The third-order valence-corrected chi connectivity index (χ3v) is 5.96. The third-order valence-electron chi connectivity index (χ3n) is 5.96. The quantitative estimate of drug-likeness (QED) is 0.348. The highest BCUT2D eigenvalue weighted by Gasteiger charge is 2.21. The first-order valence-corrected chi connectivity index (χ1v) is 11.3. The summed E-state index contributed by atoms with van der Waals surface area (Å²) in [5.74, 6) is 3.11. The molecule has 0 saturated carbocycles. The number of aliphatic imine (C=N–C) groups is 1. The van der Waals surface area contributed by atoms with Crippen molar-refractivity contribution in [2.75, 3.05) is 75.8 Å². The zero-order chi connectivity index (χ0) is 21.5. The van der Waals surface area contributed by atoms with E-state index in [4.69, 9.17) is 9.98 Å². The van der Waals surface area contributed by atoms with Crippen LogP contribution < -0.4 is 15.1 Å². The lowest BCUT2D eigenvalue weighted by Crippen LogP contribution is -2.52. The summed E-state index contributed by atoms with van der Waals surface area (Å²) in [6, 6.07) is 10.3. The molecule has 4 heterocycles. The third kappa shape index (κ3) is 6.22. The van der Waals surface area contributed by atoms with Crippen LogP contribution in [0.2, 0.25) is 0 Å². The highest BCUT2D eigenvalue weighted by molar-refractivity contribution is 14.0. The van der Waals surface area contributed by atoms with Crippen molar-refractivity contribution in [3.63, 3.8) is 0 Å². The Balaban J connectivity index is 0.00000289. The molecular formula is C23H35IN8. The number of likely N-dealkylation sites (N-methyl/N-ethyl adjacent to an activating group) is 1. The van der Waals surface area contributed by atoms with Gasteiger partial charge in [0.15, 0.2) is 5.96 Å². The topological polar surface area (TPSA) is 63.1 Å². The monoisotopic (exact) mass is 550 g/mol. The van der Waals surface area contributed by atoms with E-state index in [1.165, 1.54) is 5.56 Å². The molecule has 2 aromatic rings. The summed E-state index contributed by atoms with van der Waals surface area (Å²) in [5.41, 5.74) is 1.19. The van der Waals surface area contributed by atoms with Crippen molar-refractivity contribution in [3.8, 4) is 0 Å². The fraction of sp³-hybridized carbons (Fsp3) is 0.522. The van der Waals surface area contributed by atoms with Crippen LogP contribution in [0, 0.1) is 0 Å². The van der Waals surface area contributed by atoms with E-state index in [1.807, 2.05) is 30.6 Å². The van der Waals surface area contributed by atoms with Crippen molar-refractivity contribution in [1.29, 1.82) is 0 Å². The van der Waals surface area contributed by atoms with Crippen LogP contribution in [0.25, 0.3) is 0 Å². The maximum absolute atomic E-state index is 5.00. The van der Waals surface area contributed by atoms with Gasteiger partial charge in [0.05, 0.1) is 6.54 Å². The van der Waals surface area contributed by atoms with Crippen LogP contribution >= 0.6 is 24.0 Å². The van der Waals surface area contributed by atoms with Crippen LogP contribution in [-0.4, -0.2) is 91.7 Å². The molecule has 174 valence electrons. The Morgan fingerprint density at radius 3 is 2.31 bits per heavy atom. The summed E-state index contributed by atoms with van der Waals surface area (Å²) < 4.78 is 0. The number of pyridine rings is 2. The number of halogens is 1. The molecule has 0 amide bonds. The molecule has 0 atom stereocenters. The van der Waals surface area contributed by atoms with Crippen LogP contribution in [0.5, 0.6) is 0 Å². The molecule has 32 heavy (non-hydrogen) atoms. The van der Waals surface area contributed by atoms with Gasteiger partial charge in [-0.05, 0) is 32.2 Å². The Kier molecular flexibility index (Phi) is 9.34. The second-order valence-corrected chi connectivity index (χ2v) is 8.11. The smallest absolute Gasteiger partial charge is 0.194 e. The standard InChI is InChI=1S/C23H34N8.HI/c1-3-24-23(31-17-15-29(16-18-31)21-8-4-5-9-25-21)27-19-20-7-6-10-26-22(20)30-13-11-28(2)12-14-30;/h4-10H,3,11-19H2,1-2H3,(H,24,27);1H. The lowest BCUT2D eigenvalue weighted by atomic mass is 10.2. The summed E-state index contributed by atoms with van der Waals surface area (Å²) in [7, 11) is 2.18.